The van der Waals surface area contributed by atoms with Crippen LogP contribution in [0.25, 0.3) is 0 Å². The van der Waals surface area contributed by atoms with Gasteiger partial charge in [0.1, 0.15) is 5.76 Å². The molecule has 0 aliphatic heterocycles. The molecule has 0 spiro atoms. The van der Waals surface area contributed by atoms with Gasteiger partial charge in [-0.05, 0) is 86.3 Å². The summed E-state index contributed by atoms with van der Waals surface area (Å²) in [6.07, 6.45) is 9.26. The lowest BCUT2D eigenvalue weighted by Crippen LogP contribution is -2.58. The van der Waals surface area contributed by atoms with E-state index in [2.05, 4.69) is 86.8 Å². The number of allylic oxidation sites excluding steroid dienone is 5. The molecule has 5 nitrogen and oxygen atoms in total. The third-order valence-electron chi connectivity index (χ3n) is 12.1. The van der Waals surface area contributed by atoms with Crippen LogP contribution in [0.1, 0.15) is 87.5 Å². The molecule has 4 aliphatic rings. The zero-order valence-corrected chi connectivity index (χ0v) is 31.0. The summed E-state index contributed by atoms with van der Waals surface area (Å²) in [7, 11) is -9.96. The smallest absolute Gasteiger partial charge is 0.414 e. The van der Waals surface area contributed by atoms with Crippen molar-refractivity contribution in [2.45, 2.75) is 141 Å². The molecule has 43 heavy (non-hydrogen) atoms. The van der Waals surface area contributed by atoms with Crippen molar-refractivity contribution >= 4 is 26.8 Å². The normalized spacial score (nSPS) is 34.0. The molecule has 0 aromatic heterocycles. The van der Waals surface area contributed by atoms with Crippen LogP contribution in [-0.2, 0) is 23.2 Å². The van der Waals surface area contributed by atoms with Crippen LogP contribution >= 0.6 is 0 Å². The average Bonchev–Trinajstić information content (AvgIpc) is 3.13. The fourth-order valence-electron chi connectivity index (χ4n) is 7.24. The SMILES string of the molecule is CC(C)(C)[Si](C)(C)O[C@@H]1CC2=CC=C3[C@H](CC[C@]4(C)C(OS(=O)(=O)C(F)(F)F)=CC[C@@H]34)[C@@]2(C)[C@@H](O[Si](C)(C)C(C)(C)C)C1. The van der Waals surface area contributed by atoms with Crippen LogP contribution in [0.3, 0.4) is 0 Å². The molecule has 0 amide bonds. The van der Waals surface area contributed by atoms with Crippen LogP contribution in [0.2, 0.25) is 36.3 Å². The molecule has 0 aromatic rings. The molecule has 6 atom stereocenters. The maximum Gasteiger partial charge on any atom is 0.534 e. The third kappa shape index (κ3) is 5.92. The Kier molecular flexibility index (Phi) is 8.60. The highest BCUT2D eigenvalue weighted by Gasteiger charge is 2.61. The average molecular weight is 663 g/mol. The lowest BCUT2D eigenvalue weighted by molar-refractivity contribution is -0.0551. The van der Waals surface area contributed by atoms with Gasteiger partial charge in [0.25, 0.3) is 0 Å². The van der Waals surface area contributed by atoms with Gasteiger partial charge in [-0.2, -0.15) is 21.6 Å². The molecule has 11 heteroatoms. The van der Waals surface area contributed by atoms with E-state index in [4.69, 9.17) is 13.0 Å². The van der Waals surface area contributed by atoms with Crippen molar-refractivity contribution < 1.29 is 34.6 Å². The van der Waals surface area contributed by atoms with E-state index in [0.29, 0.717) is 19.3 Å². The molecule has 0 unspecified atom stereocenters. The van der Waals surface area contributed by atoms with E-state index in [-0.39, 0.29) is 45.3 Å². The first-order chi connectivity index (χ1) is 19.2. The second-order valence-electron chi connectivity index (χ2n) is 16.8. The molecule has 0 N–H and O–H groups in total. The fourth-order valence-corrected chi connectivity index (χ4v) is 10.6. The molecule has 0 bridgehead atoms. The van der Waals surface area contributed by atoms with Gasteiger partial charge in [-0.15, -0.1) is 0 Å². The van der Waals surface area contributed by atoms with Gasteiger partial charge in [0.05, 0.1) is 12.2 Å². The number of hydrogen-bond donors (Lipinski definition) is 0. The van der Waals surface area contributed by atoms with Gasteiger partial charge in [-0.1, -0.05) is 78.7 Å². The largest absolute Gasteiger partial charge is 0.534 e. The Morgan fingerprint density at radius 3 is 1.98 bits per heavy atom. The Morgan fingerprint density at radius 2 is 1.44 bits per heavy atom. The summed E-state index contributed by atoms with van der Waals surface area (Å²) in [6, 6.07) is 0. The Morgan fingerprint density at radius 1 is 0.884 bits per heavy atom. The number of alkyl halides is 3. The van der Waals surface area contributed by atoms with Crippen molar-refractivity contribution in [2.75, 3.05) is 0 Å². The first kappa shape index (κ1) is 35.0. The minimum Gasteiger partial charge on any atom is -0.414 e. The predicted octanol–water partition coefficient (Wildman–Crippen LogP) is 9.62. The number of hydrogen-bond acceptors (Lipinski definition) is 5. The van der Waals surface area contributed by atoms with Gasteiger partial charge < -0.3 is 13.0 Å². The van der Waals surface area contributed by atoms with E-state index in [0.717, 1.165) is 12.8 Å². The molecule has 4 rings (SSSR count). The molecule has 2 saturated carbocycles. The molecule has 246 valence electrons. The second-order valence-corrected chi connectivity index (χ2v) is 27.8. The van der Waals surface area contributed by atoms with Gasteiger partial charge in [-0.25, -0.2) is 0 Å². The molecular formula is C32H53F3O5SSi2. The van der Waals surface area contributed by atoms with E-state index in [1.165, 1.54) is 11.1 Å². The van der Waals surface area contributed by atoms with Crippen molar-refractivity contribution in [3.63, 3.8) is 0 Å². The fraction of sp³-hybridized carbons (Fsp3) is 0.812. The standard InChI is InChI=1S/C32H53F3O5SSi2/c1-28(2,3)42(9,10)39-22-19-21-13-14-23-24-15-16-26(38-41(36,37)32(33,34)35)30(24,7)18-17-25(23)31(21,8)27(20-22)40-43(11,12)29(4,5)6/h13-14,16,22,24-25,27H,15,17-20H2,1-12H3/t22-,24+,25+,27+,30+,31+/m1/s1. The van der Waals surface area contributed by atoms with Crippen LogP contribution in [0, 0.1) is 22.7 Å². The first-order valence-electron chi connectivity index (χ1n) is 15.7. The summed E-state index contributed by atoms with van der Waals surface area (Å²) < 4.78 is 82.7. The molecule has 0 heterocycles. The summed E-state index contributed by atoms with van der Waals surface area (Å²) in [6.45, 7) is 26.9. The summed E-state index contributed by atoms with van der Waals surface area (Å²) in [5, 5.41) is 0.102. The van der Waals surface area contributed by atoms with Crippen LogP contribution < -0.4 is 0 Å². The molecule has 0 saturated heterocycles. The zero-order chi connectivity index (χ0) is 32.8. The quantitative estimate of drug-likeness (QED) is 0.161. The molecule has 0 radical (unpaired) electrons. The molecule has 2 fully saturated rings. The number of fused-ring (bicyclic) bond motifs is 5. The van der Waals surface area contributed by atoms with E-state index in [9.17, 15) is 21.6 Å². The highest BCUT2D eigenvalue weighted by Crippen LogP contribution is 2.65. The van der Waals surface area contributed by atoms with Gasteiger partial charge in [0.15, 0.2) is 16.6 Å². The topological polar surface area (TPSA) is 61.8 Å². The van der Waals surface area contributed by atoms with Crippen molar-refractivity contribution in [1.29, 1.82) is 0 Å². The minimum atomic E-state index is -5.73. The van der Waals surface area contributed by atoms with Gasteiger partial charge in [0, 0.05) is 10.8 Å². The molecular weight excluding hydrogens is 610 g/mol. The lowest BCUT2D eigenvalue weighted by atomic mass is 9.50. The van der Waals surface area contributed by atoms with Crippen molar-refractivity contribution in [3.05, 3.63) is 35.1 Å². The highest BCUT2D eigenvalue weighted by atomic mass is 32.2. The number of halogens is 3. The zero-order valence-electron chi connectivity index (χ0n) is 28.2. The minimum absolute atomic E-state index is 0.0184. The lowest BCUT2D eigenvalue weighted by Gasteiger charge is -2.59. The van der Waals surface area contributed by atoms with Crippen LogP contribution in [0.4, 0.5) is 13.2 Å². The van der Waals surface area contributed by atoms with Crippen molar-refractivity contribution in [1.82, 2.24) is 0 Å². The first-order valence-corrected chi connectivity index (χ1v) is 22.9. The van der Waals surface area contributed by atoms with Crippen LogP contribution in [0.5, 0.6) is 0 Å². The Bertz CT molecular complexity index is 1320. The highest BCUT2D eigenvalue weighted by molar-refractivity contribution is 7.87. The summed E-state index contributed by atoms with van der Waals surface area (Å²) in [4.78, 5) is 0. The Balaban J connectivity index is 1.72. The van der Waals surface area contributed by atoms with Crippen molar-refractivity contribution in [3.8, 4) is 0 Å². The molecule has 4 aliphatic carbocycles. The van der Waals surface area contributed by atoms with E-state index >= 15 is 0 Å². The van der Waals surface area contributed by atoms with E-state index < -0.39 is 37.7 Å². The summed E-state index contributed by atoms with van der Waals surface area (Å²) in [5.74, 6) is -0.0650. The second kappa shape index (κ2) is 10.6. The van der Waals surface area contributed by atoms with Crippen LogP contribution in [-0.4, -0.2) is 42.8 Å². The van der Waals surface area contributed by atoms with E-state index in [1.54, 1.807) is 6.08 Å². The predicted molar refractivity (Wildman–Crippen MR) is 171 cm³/mol. The molecule has 0 aromatic carbocycles. The van der Waals surface area contributed by atoms with Gasteiger partial charge in [0.2, 0.25) is 0 Å². The maximum atomic E-state index is 13.2. The Hall–Kier alpha value is -0.886. The van der Waals surface area contributed by atoms with Gasteiger partial charge in [-0.3, -0.25) is 0 Å². The summed E-state index contributed by atoms with van der Waals surface area (Å²) in [5.41, 5.74) is -4.08. The van der Waals surface area contributed by atoms with Crippen molar-refractivity contribution in [2.24, 2.45) is 22.7 Å². The van der Waals surface area contributed by atoms with Crippen LogP contribution in [0.15, 0.2) is 35.1 Å². The number of rotatable bonds is 6. The summed E-state index contributed by atoms with van der Waals surface area (Å²) >= 11 is 0. The van der Waals surface area contributed by atoms with Gasteiger partial charge >= 0.3 is 15.6 Å². The monoisotopic (exact) mass is 662 g/mol. The Labute approximate surface area is 260 Å². The maximum absolute atomic E-state index is 13.2. The third-order valence-corrected chi connectivity index (χ3v) is 22.1. The van der Waals surface area contributed by atoms with E-state index in [1.807, 2.05) is 6.92 Å².